The summed E-state index contributed by atoms with van der Waals surface area (Å²) in [5.74, 6) is -0.414. The lowest BCUT2D eigenvalue weighted by Crippen LogP contribution is -2.50. The number of morpholine rings is 1. The Morgan fingerprint density at radius 3 is 2.65 bits per heavy atom. The first kappa shape index (κ1) is 21.3. The molecular formula is C24H29N3O4. The molecule has 1 aromatic carbocycles. The van der Waals surface area contributed by atoms with Crippen molar-refractivity contribution in [1.82, 2.24) is 14.4 Å². The zero-order valence-electron chi connectivity index (χ0n) is 18.0. The molecule has 0 saturated carbocycles. The molecule has 2 aliphatic heterocycles. The Balaban J connectivity index is 1.48. The zero-order valence-corrected chi connectivity index (χ0v) is 18.0. The van der Waals surface area contributed by atoms with Crippen LogP contribution in [0.1, 0.15) is 34.3 Å². The molecule has 0 bridgehead atoms. The fourth-order valence-electron chi connectivity index (χ4n) is 4.41. The standard InChI is InChI=1S/C24H29N3O4/c1-18-5-2-6-19(15-18)16-26-10-4-8-21(23(26)29)24(30)27-9-3-7-20(17-27)22(28)25-11-13-31-14-12-25/h2,4-6,8,10,15,20H,3,7,9,11-14,16-17H2,1H3. The van der Waals surface area contributed by atoms with Crippen LogP contribution in [0.2, 0.25) is 0 Å². The number of hydrogen-bond donors (Lipinski definition) is 0. The van der Waals surface area contributed by atoms with E-state index >= 15 is 0 Å². The van der Waals surface area contributed by atoms with Gasteiger partial charge in [0.25, 0.3) is 11.5 Å². The Hall–Kier alpha value is -2.93. The summed E-state index contributed by atoms with van der Waals surface area (Å²) in [5.41, 5.74) is 2.01. The largest absolute Gasteiger partial charge is 0.378 e. The number of hydrogen-bond acceptors (Lipinski definition) is 4. The molecule has 0 radical (unpaired) electrons. The zero-order chi connectivity index (χ0) is 21.8. The molecule has 7 nitrogen and oxygen atoms in total. The van der Waals surface area contributed by atoms with Crippen LogP contribution in [0, 0.1) is 12.8 Å². The van der Waals surface area contributed by atoms with Gasteiger partial charge in [0.15, 0.2) is 0 Å². The fourth-order valence-corrected chi connectivity index (χ4v) is 4.41. The van der Waals surface area contributed by atoms with Gasteiger partial charge < -0.3 is 19.1 Å². The van der Waals surface area contributed by atoms with E-state index in [4.69, 9.17) is 4.74 Å². The van der Waals surface area contributed by atoms with Gasteiger partial charge in [-0.25, -0.2) is 0 Å². The number of carbonyl (C=O) groups excluding carboxylic acids is 2. The van der Waals surface area contributed by atoms with Crippen LogP contribution in [0.15, 0.2) is 47.4 Å². The molecule has 1 atom stereocenters. The maximum atomic E-state index is 13.2. The highest BCUT2D eigenvalue weighted by Gasteiger charge is 2.32. The van der Waals surface area contributed by atoms with E-state index in [-0.39, 0.29) is 28.9 Å². The van der Waals surface area contributed by atoms with Crippen molar-refractivity contribution in [1.29, 1.82) is 0 Å². The van der Waals surface area contributed by atoms with Gasteiger partial charge in [-0.1, -0.05) is 29.8 Å². The van der Waals surface area contributed by atoms with E-state index in [9.17, 15) is 14.4 Å². The number of ether oxygens (including phenoxy) is 1. The molecule has 2 aromatic rings. The quantitative estimate of drug-likeness (QED) is 0.753. The number of aryl methyl sites for hydroxylation is 1. The maximum Gasteiger partial charge on any atom is 0.263 e. The summed E-state index contributed by atoms with van der Waals surface area (Å²) in [6.45, 7) is 5.69. The molecule has 1 aromatic heterocycles. The molecule has 7 heteroatoms. The second-order valence-electron chi connectivity index (χ2n) is 8.37. The highest BCUT2D eigenvalue weighted by molar-refractivity contribution is 5.94. The highest BCUT2D eigenvalue weighted by atomic mass is 16.5. The number of nitrogens with zero attached hydrogens (tertiary/aromatic N) is 3. The number of piperidine rings is 1. The average molecular weight is 424 g/mol. The molecule has 3 heterocycles. The van der Waals surface area contributed by atoms with Gasteiger partial charge in [-0.05, 0) is 37.5 Å². The molecule has 0 N–H and O–H groups in total. The third kappa shape index (κ3) is 4.88. The molecule has 2 aliphatic rings. The lowest BCUT2D eigenvalue weighted by Gasteiger charge is -2.36. The Kier molecular flexibility index (Phi) is 6.51. The van der Waals surface area contributed by atoms with Crippen LogP contribution in [0.3, 0.4) is 0 Å². The first-order valence-corrected chi connectivity index (χ1v) is 10.9. The Morgan fingerprint density at radius 1 is 1.06 bits per heavy atom. The lowest BCUT2D eigenvalue weighted by atomic mass is 9.95. The van der Waals surface area contributed by atoms with Crippen molar-refractivity contribution in [3.05, 3.63) is 69.6 Å². The topological polar surface area (TPSA) is 71.8 Å². The summed E-state index contributed by atoms with van der Waals surface area (Å²) < 4.78 is 6.90. The van der Waals surface area contributed by atoms with Gasteiger partial charge in [0.2, 0.25) is 5.91 Å². The van der Waals surface area contributed by atoms with Crippen molar-refractivity contribution in [2.24, 2.45) is 5.92 Å². The van der Waals surface area contributed by atoms with Crippen LogP contribution in [-0.2, 0) is 16.1 Å². The summed E-state index contributed by atoms with van der Waals surface area (Å²) >= 11 is 0. The van der Waals surface area contributed by atoms with Crippen LogP contribution in [-0.4, -0.2) is 65.6 Å². The molecule has 164 valence electrons. The molecule has 4 rings (SSSR count). The lowest BCUT2D eigenvalue weighted by molar-refractivity contribution is -0.141. The number of rotatable bonds is 4. The normalized spacial score (nSPS) is 19.3. The minimum absolute atomic E-state index is 0.0886. The number of benzene rings is 1. The second-order valence-corrected chi connectivity index (χ2v) is 8.37. The third-order valence-corrected chi connectivity index (χ3v) is 6.07. The molecule has 0 spiro atoms. The van der Waals surface area contributed by atoms with E-state index in [0.29, 0.717) is 45.9 Å². The van der Waals surface area contributed by atoms with Crippen molar-refractivity contribution < 1.29 is 14.3 Å². The van der Waals surface area contributed by atoms with Gasteiger partial charge in [-0.15, -0.1) is 0 Å². The van der Waals surface area contributed by atoms with Crippen LogP contribution in [0.25, 0.3) is 0 Å². The van der Waals surface area contributed by atoms with Gasteiger partial charge in [-0.2, -0.15) is 0 Å². The SMILES string of the molecule is Cc1cccc(Cn2cccc(C(=O)N3CCCC(C(=O)N4CCOCC4)C3)c2=O)c1. The minimum atomic E-state index is -0.296. The summed E-state index contributed by atoms with van der Waals surface area (Å²) in [4.78, 5) is 42.6. The maximum absolute atomic E-state index is 13.2. The summed E-state index contributed by atoms with van der Waals surface area (Å²) in [7, 11) is 0. The number of likely N-dealkylation sites (tertiary alicyclic amines) is 1. The predicted molar refractivity (Wildman–Crippen MR) is 117 cm³/mol. The fraction of sp³-hybridized carbons (Fsp3) is 0.458. The van der Waals surface area contributed by atoms with Crippen LogP contribution in [0.5, 0.6) is 0 Å². The van der Waals surface area contributed by atoms with Crippen molar-refractivity contribution >= 4 is 11.8 Å². The van der Waals surface area contributed by atoms with Gasteiger partial charge in [0, 0.05) is 32.4 Å². The van der Waals surface area contributed by atoms with E-state index in [2.05, 4.69) is 0 Å². The van der Waals surface area contributed by atoms with Gasteiger partial charge in [0.1, 0.15) is 5.56 Å². The molecule has 2 amide bonds. The molecule has 31 heavy (non-hydrogen) atoms. The van der Waals surface area contributed by atoms with Crippen molar-refractivity contribution in [3.63, 3.8) is 0 Å². The minimum Gasteiger partial charge on any atom is -0.378 e. The van der Waals surface area contributed by atoms with Gasteiger partial charge in [0.05, 0.1) is 25.7 Å². The van der Waals surface area contributed by atoms with E-state index in [1.54, 1.807) is 27.8 Å². The van der Waals surface area contributed by atoms with Crippen LogP contribution in [0.4, 0.5) is 0 Å². The van der Waals surface area contributed by atoms with E-state index in [0.717, 1.165) is 24.0 Å². The van der Waals surface area contributed by atoms with E-state index in [1.807, 2.05) is 36.1 Å². The molecule has 1 unspecified atom stereocenters. The van der Waals surface area contributed by atoms with Crippen LogP contribution < -0.4 is 5.56 Å². The summed E-state index contributed by atoms with van der Waals surface area (Å²) in [6.07, 6.45) is 3.24. The molecular weight excluding hydrogens is 394 g/mol. The summed E-state index contributed by atoms with van der Waals surface area (Å²) in [5, 5.41) is 0. The second kappa shape index (κ2) is 9.47. The Labute approximate surface area is 182 Å². The number of amides is 2. The number of carbonyl (C=O) groups is 2. The smallest absolute Gasteiger partial charge is 0.263 e. The molecule has 2 saturated heterocycles. The number of pyridine rings is 1. The first-order chi connectivity index (χ1) is 15.0. The number of aromatic nitrogens is 1. The van der Waals surface area contributed by atoms with Crippen molar-refractivity contribution in [2.75, 3.05) is 39.4 Å². The average Bonchev–Trinajstić information content (AvgIpc) is 2.80. The van der Waals surface area contributed by atoms with Crippen molar-refractivity contribution in [3.8, 4) is 0 Å². The van der Waals surface area contributed by atoms with E-state index in [1.165, 1.54) is 0 Å². The van der Waals surface area contributed by atoms with Gasteiger partial charge in [-0.3, -0.25) is 14.4 Å². The predicted octanol–water partition coefficient (Wildman–Crippen LogP) is 1.92. The van der Waals surface area contributed by atoms with E-state index < -0.39 is 0 Å². The highest BCUT2D eigenvalue weighted by Crippen LogP contribution is 2.21. The third-order valence-electron chi connectivity index (χ3n) is 6.07. The van der Waals surface area contributed by atoms with Gasteiger partial charge >= 0.3 is 0 Å². The molecule has 0 aliphatic carbocycles. The Bertz CT molecular complexity index is 1010. The Morgan fingerprint density at radius 2 is 1.87 bits per heavy atom. The van der Waals surface area contributed by atoms with Crippen molar-refractivity contribution in [2.45, 2.75) is 26.3 Å². The van der Waals surface area contributed by atoms with Crippen LogP contribution >= 0.6 is 0 Å². The monoisotopic (exact) mass is 423 g/mol. The molecule has 2 fully saturated rings. The first-order valence-electron chi connectivity index (χ1n) is 10.9. The summed E-state index contributed by atoms with van der Waals surface area (Å²) in [6, 6.07) is 11.3.